The van der Waals surface area contributed by atoms with Crippen LogP contribution in [0.15, 0.2) is 0 Å². The van der Waals surface area contributed by atoms with Gasteiger partial charge in [0.15, 0.2) is 0 Å². The third-order valence-corrected chi connectivity index (χ3v) is 3.80. The fourth-order valence-corrected chi connectivity index (χ4v) is 2.42. The zero-order valence-corrected chi connectivity index (χ0v) is 12.8. The van der Waals surface area contributed by atoms with Gasteiger partial charge in [0.25, 0.3) is 0 Å². The quantitative estimate of drug-likeness (QED) is 0.805. The molecule has 4 nitrogen and oxygen atoms in total. The van der Waals surface area contributed by atoms with Gasteiger partial charge in [0.1, 0.15) is 0 Å². The predicted octanol–water partition coefficient (Wildman–Crippen LogP) is 1.69. The minimum atomic E-state index is -0.183. The summed E-state index contributed by atoms with van der Waals surface area (Å²) in [5, 5.41) is 6.39. The fourth-order valence-electron chi connectivity index (χ4n) is 2.42. The average molecular weight is 256 g/mol. The number of ether oxygens (including phenoxy) is 1. The van der Waals surface area contributed by atoms with E-state index in [4.69, 9.17) is 4.74 Å². The van der Waals surface area contributed by atoms with E-state index in [1.54, 1.807) is 7.11 Å². The smallest absolute Gasteiger partial charge is 0.237 e. The Morgan fingerprint density at radius 2 is 1.94 bits per heavy atom. The van der Waals surface area contributed by atoms with Crippen LogP contribution in [0, 0.1) is 5.41 Å². The Bertz CT molecular complexity index is 307. The van der Waals surface area contributed by atoms with Crippen LogP contribution < -0.4 is 10.6 Å². The van der Waals surface area contributed by atoms with Crippen LogP contribution in [0.25, 0.3) is 0 Å². The standard InChI is InChI=1S/C14H28N2O2/c1-9(12(17)16-13(2,3)4)15-10-8-11(18-7)14(10,5)6/h9-11,15H,8H2,1-7H3,(H,16,17). The van der Waals surface area contributed by atoms with Crippen molar-refractivity contribution in [1.82, 2.24) is 10.6 Å². The van der Waals surface area contributed by atoms with Gasteiger partial charge in [-0.25, -0.2) is 0 Å². The van der Waals surface area contributed by atoms with Gasteiger partial charge in [-0.15, -0.1) is 0 Å². The van der Waals surface area contributed by atoms with Crippen LogP contribution in [-0.2, 0) is 9.53 Å². The molecule has 1 aliphatic rings. The largest absolute Gasteiger partial charge is 0.381 e. The van der Waals surface area contributed by atoms with Crippen LogP contribution in [0.4, 0.5) is 0 Å². The molecule has 2 N–H and O–H groups in total. The second-order valence-corrected chi connectivity index (χ2v) is 6.96. The van der Waals surface area contributed by atoms with Crippen molar-refractivity contribution in [1.29, 1.82) is 0 Å². The monoisotopic (exact) mass is 256 g/mol. The van der Waals surface area contributed by atoms with Crippen molar-refractivity contribution in [3.05, 3.63) is 0 Å². The highest BCUT2D eigenvalue weighted by Crippen LogP contribution is 2.42. The molecule has 0 aromatic rings. The van der Waals surface area contributed by atoms with Crippen molar-refractivity contribution in [3.63, 3.8) is 0 Å². The lowest BCUT2D eigenvalue weighted by Crippen LogP contribution is -2.64. The van der Waals surface area contributed by atoms with Crippen LogP contribution in [0.1, 0.15) is 48.0 Å². The summed E-state index contributed by atoms with van der Waals surface area (Å²) in [7, 11) is 1.75. The molecule has 3 atom stereocenters. The molecule has 0 radical (unpaired) electrons. The molecule has 18 heavy (non-hydrogen) atoms. The topological polar surface area (TPSA) is 50.4 Å². The van der Waals surface area contributed by atoms with Crippen LogP contribution in [0.3, 0.4) is 0 Å². The zero-order chi connectivity index (χ0) is 14.1. The van der Waals surface area contributed by atoms with E-state index in [-0.39, 0.29) is 29.0 Å². The van der Waals surface area contributed by atoms with Crippen LogP contribution in [0.2, 0.25) is 0 Å². The number of rotatable bonds is 4. The molecule has 0 heterocycles. The van der Waals surface area contributed by atoms with E-state index in [1.807, 2.05) is 27.7 Å². The third kappa shape index (κ3) is 3.45. The van der Waals surface area contributed by atoms with Crippen molar-refractivity contribution >= 4 is 5.91 Å². The van der Waals surface area contributed by atoms with Crippen molar-refractivity contribution in [3.8, 4) is 0 Å². The highest BCUT2D eigenvalue weighted by atomic mass is 16.5. The number of amides is 1. The van der Waals surface area contributed by atoms with Gasteiger partial charge in [0.05, 0.1) is 12.1 Å². The maximum absolute atomic E-state index is 12.0. The van der Waals surface area contributed by atoms with Crippen molar-refractivity contribution < 1.29 is 9.53 Å². The van der Waals surface area contributed by atoms with Gasteiger partial charge in [-0.3, -0.25) is 4.79 Å². The number of nitrogens with one attached hydrogen (secondary N) is 2. The summed E-state index contributed by atoms with van der Waals surface area (Å²) in [5.41, 5.74) is -0.0950. The first-order valence-electron chi connectivity index (χ1n) is 6.69. The number of hydrogen-bond donors (Lipinski definition) is 2. The van der Waals surface area contributed by atoms with Gasteiger partial charge in [0, 0.05) is 24.1 Å². The van der Waals surface area contributed by atoms with Crippen LogP contribution >= 0.6 is 0 Å². The Labute approximate surface area is 111 Å². The number of methoxy groups -OCH3 is 1. The molecular formula is C14H28N2O2. The van der Waals surface area contributed by atoms with E-state index in [0.29, 0.717) is 6.04 Å². The summed E-state index contributed by atoms with van der Waals surface area (Å²) in [6.45, 7) is 12.2. The van der Waals surface area contributed by atoms with Crippen molar-refractivity contribution in [2.45, 2.75) is 71.7 Å². The molecule has 1 amide bonds. The normalized spacial score (nSPS) is 28.4. The molecule has 1 rings (SSSR count). The Kier molecular flexibility index (Phi) is 4.44. The molecule has 0 bridgehead atoms. The maximum Gasteiger partial charge on any atom is 0.237 e. The molecule has 4 heteroatoms. The Balaban J connectivity index is 2.47. The molecule has 0 aromatic carbocycles. The molecule has 0 saturated heterocycles. The molecule has 0 spiro atoms. The molecule has 0 aliphatic heterocycles. The van der Waals surface area contributed by atoms with E-state index in [9.17, 15) is 4.79 Å². The molecule has 1 aliphatic carbocycles. The fraction of sp³-hybridized carbons (Fsp3) is 0.929. The SMILES string of the molecule is COC1CC(NC(C)C(=O)NC(C)(C)C)C1(C)C. The number of hydrogen-bond acceptors (Lipinski definition) is 3. The predicted molar refractivity (Wildman–Crippen MR) is 73.5 cm³/mol. The summed E-state index contributed by atoms with van der Waals surface area (Å²) in [6, 6.07) is 0.162. The van der Waals surface area contributed by atoms with Gasteiger partial charge in [-0.1, -0.05) is 13.8 Å². The molecule has 1 saturated carbocycles. The van der Waals surface area contributed by atoms with Crippen LogP contribution in [0.5, 0.6) is 0 Å². The first-order valence-corrected chi connectivity index (χ1v) is 6.69. The molecule has 1 fully saturated rings. The highest BCUT2D eigenvalue weighted by Gasteiger charge is 2.49. The van der Waals surface area contributed by atoms with Gasteiger partial charge >= 0.3 is 0 Å². The summed E-state index contributed by atoms with van der Waals surface area (Å²) in [6.07, 6.45) is 1.25. The van der Waals surface area contributed by atoms with Crippen molar-refractivity contribution in [2.24, 2.45) is 5.41 Å². The number of carbonyl (C=O) groups excluding carboxylic acids is 1. The van der Waals surface area contributed by atoms with Gasteiger partial charge in [0.2, 0.25) is 5.91 Å². The lowest BCUT2D eigenvalue weighted by molar-refractivity contribution is -0.128. The first-order chi connectivity index (χ1) is 8.08. The Hall–Kier alpha value is -0.610. The van der Waals surface area contributed by atoms with E-state index in [0.717, 1.165) is 6.42 Å². The molecular weight excluding hydrogens is 228 g/mol. The van der Waals surface area contributed by atoms with E-state index < -0.39 is 0 Å². The summed E-state index contributed by atoms with van der Waals surface area (Å²) >= 11 is 0. The summed E-state index contributed by atoms with van der Waals surface area (Å²) < 4.78 is 5.41. The minimum absolute atomic E-state index is 0.0548. The van der Waals surface area contributed by atoms with Gasteiger partial charge in [-0.05, 0) is 34.1 Å². The first kappa shape index (κ1) is 15.4. The van der Waals surface area contributed by atoms with E-state index in [2.05, 4.69) is 24.5 Å². The zero-order valence-electron chi connectivity index (χ0n) is 12.8. The number of carbonyl (C=O) groups is 1. The van der Waals surface area contributed by atoms with E-state index >= 15 is 0 Å². The summed E-state index contributed by atoms with van der Waals surface area (Å²) in [4.78, 5) is 12.0. The van der Waals surface area contributed by atoms with Gasteiger partial charge in [-0.2, -0.15) is 0 Å². The molecule has 0 aromatic heterocycles. The molecule has 3 unspecified atom stereocenters. The van der Waals surface area contributed by atoms with Gasteiger partial charge < -0.3 is 15.4 Å². The Morgan fingerprint density at radius 3 is 2.33 bits per heavy atom. The average Bonchev–Trinajstić information content (AvgIpc) is 2.20. The summed E-state index contributed by atoms with van der Waals surface area (Å²) in [5.74, 6) is 0.0548. The Morgan fingerprint density at radius 1 is 1.39 bits per heavy atom. The lowest BCUT2D eigenvalue weighted by Gasteiger charge is -2.52. The minimum Gasteiger partial charge on any atom is -0.381 e. The van der Waals surface area contributed by atoms with E-state index in [1.165, 1.54) is 0 Å². The van der Waals surface area contributed by atoms with Crippen LogP contribution in [-0.4, -0.2) is 36.7 Å². The molecule has 106 valence electrons. The highest BCUT2D eigenvalue weighted by molar-refractivity contribution is 5.82. The lowest BCUT2D eigenvalue weighted by atomic mass is 9.64. The second-order valence-electron chi connectivity index (χ2n) is 6.96. The maximum atomic E-state index is 12.0. The van der Waals surface area contributed by atoms with Crippen molar-refractivity contribution in [2.75, 3.05) is 7.11 Å². The second kappa shape index (κ2) is 5.17. The third-order valence-electron chi connectivity index (χ3n) is 3.80.